The molecule has 2 heterocycles. The van der Waals surface area contributed by atoms with Crippen LogP contribution in [0.25, 0.3) is 5.65 Å². The van der Waals surface area contributed by atoms with Crippen LogP contribution in [-0.4, -0.2) is 9.38 Å². The number of aryl methyl sites for hydroxylation is 5. The van der Waals surface area contributed by atoms with Gasteiger partial charge in [0, 0.05) is 11.9 Å². The first kappa shape index (κ1) is 17.3. The number of aromatic nitrogens is 2. The molecule has 0 saturated heterocycles. The molecule has 4 aromatic rings. The fourth-order valence-corrected chi connectivity index (χ4v) is 3.54. The summed E-state index contributed by atoms with van der Waals surface area (Å²) >= 11 is 0. The lowest BCUT2D eigenvalue weighted by Crippen LogP contribution is -2.03. The summed E-state index contributed by atoms with van der Waals surface area (Å²) in [5, 5.41) is 3.70. The van der Waals surface area contributed by atoms with E-state index in [2.05, 4.69) is 97.3 Å². The van der Waals surface area contributed by atoms with E-state index in [0.29, 0.717) is 0 Å². The molecule has 0 unspecified atom stereocenters. The molecular weight excluding hydrogens is 330 g/mol. The Morgan fingerprint density at radius 2 is 1.56 bits per heavy atom. The van der Waals surface area contributed by atoms with Crippen molar-refractivity contribution in [2.75, 3.05) is 5.32 Å². The summed E-state index contributed by atoms with van der Waals surface area (Å²) < 4.78 is 2.18. The molecule has 2 aromatic carbocycles. The Morgan fingerprint density at radius 1 is 0.815 bits per heavy atom. The minimum absolute atomic E-state index is 0.901. The molecule has 1 N–H and O–H groups in total. The first-order chi connectivity index (χ1) is 13.1. The van der Waals surface area contributed by atoms with Crippen LogP contribution in [0.3, 0.4) is 0 Å². The third-order valence-electron chi connectivity index (χ3n) is 5.06. The van der Waals surface area contributed by atoms with Gasteiger partial charge in [0.2, 0.25) is 0 Å². The fourth-order valence-electron chi connectivity index (χ4n) is 3.54. The quantitative estimate of drug-likeness (QED) is 0.491. The number of nitrogens with one attached hydrogen (secondary N) is 1. The van der Waals surface area contributed by atoms with Gasteiger partial charge in [-0.2, -0.15) is 0 Å². The Morgan fingerprint density at radius 3 is 2.30 bits per heavy atom. The Kier molecular flexibility index (Phi) is 4.68. The molecule has 136 valence electrons. The standard InChI is InChI=1S/C24H25N3/c1-17-12-15-22-25-21(14-13-20-10-5-4-6-11-20)24(27(22)16-17)26-23-18(2)8-7-9-19(23)3/h4-12,15-16,26H,13-14H2,1-3H3. The largest absolute Gasteiger partial charge is 0.339 e. The van der Waals surface area contributed by atoms with Gasteiger partial charge in [-0.1, -0.05) is 54.6 Å². The van der Waals surface area contributed by atoms with Gasteiger partial charge < -0.3 is 5.32 Å². The smallest absolute Gasteiger partial charge is 0.138 e. The van der Waals surface area contributed by atoms with E-state index in [1.165, 1.54) is 27.9 Å². The van der Waals surface area contributed by atoms with E-state index in [1.807, 2.05) is 0 Å². The van der Waals surface area contributed by atoms with Crippen molar-refractivity contribution in [2.24, 2.45) is 0 Å². The average Bonchev–Trinajstić information content (AvgIpc) is 3.00. The number of benzene rings is 2. The molecule has 3 heteroatoms. The predicted molar refractivity (Wildman–Crippen MR) is 113 cm³/mol. The molecule has 0 amide bonds. The van der Waals surface area contributed by atoms with Crippen molar-refractivity contribution in [3.63, 3.8) is 0 Å². The number of fused-ring (bicyclic) bond motifs is 1. The van der Waals surface area contributed by atoms with Gasteiger partial charge in [0.1, 0.15) is 11.5 Å². The molecule has 0 spiro atoms. The van der Waals surface area contributed by atoms with Crippen molar-refractivity contribution in [3.05, 3.63) is 94.8 Å². The van der Waals surface area contributed by atoms with Crippen LogP contribution in [0.1, 0.15) is 27.9 Å². The zero-order valence-corrected chi connectivity index (χ0v) is 16.2. The van der Waals surface area contributed by atoms with Crippen LogP contribution in [-0.2, 0) is 12.8 Å². The molecule has 2 aromatic heterocycles. The number of pyridine rings is 1. The second-order valence-corrected chi connectivity index (χ2v) is 7.22. The molecule has 0 aliphatic heterocycles. The van der Waals surface area contributed by atoms with Gasteiger partial charge in [-0.3, -0.25) is 4.40 Å². The van der Waals surface area contributed by atoms with Crippen molar-refractivity contribution in [2.45, 2.75) is 33.6 Å². The molecule has 0 fully saturated rings. The summed E-state index contributed by atoms with van der Waals surface area (Å²) in [6.07, 6.45) is 4.04. The Balaban J connectivity index is 1.75. The van der Waals surface area contributed by atoms with Gasteiger partial charge >= 0.3 is 0 Å². The second kappa shape index (κ2) is 7.28. The summed E-state index contributed by atoms with van der Waals surface area (Å²) in [5.74, 6) is 1.07. The van der Waals surface area contributed by atoms with E-state index < -0.39 is 0 Å². The predicted octanol–water partition coefficient (Wildman–Crippen LogP) is 5.79. The molecular formula is C24H25N3. The maximum absolute atomic E-state index is 4.92. The lowest BCUT2D eigenvalue weighted by molar-refractivity contribution is 0.929. The Bertz CT molecular complexity index is 1060. The van der Waals surface area contributed by atoms with Crippen LogP contribution in [0.2, 0.25) is 0 Å². The van der Waals surface area contributed by atoms with Crippen LogP contribution < -0.4 is 5.32 Å². The first-order valence-electron chi connectivity index (χ1n) is 9.46. The van der Waals surface area contributed by atoms with Gasteiger partial charge in [-0.25, -0.2) is 4.98 Å². The van der Waals surface area contributed by atoms with Crippen molar-refractivity contribution in [3.8, 4) is 0 Å². The number of imidazole rings is 1. The van der Waals surface area contributed by atoms with Crippen molar-refractivity contribution in [1.82, 2.24) is 9.38 Å². The zero-order chi connectivity index (χ0) is 18.8. The number of nitrogens with zero attached hydrogens (tertiary/aromatic N) is 2. The summed E-state index contributed by atoms with van der Waals surface area (Å²) in [6, 6.07) is 21.2. The highest BCUT2D eigenvalue weighted by Gasteiger charge is 2.14. The summed E-state index contributed by atoms with van der Waals surface area (Å²) in [6.45, 7) is 6.41. The number of hydrogen-bond acceptors (Lipinski definition) is 2. The van der Waals surface area contributed by atoms with Gasteiger partial charge in [0.05, 0.1) is 5.69 Å². The number of rotatable bonds is 5. The van der Waals surface area contributed by atoms with E-state index in [1.54, 1.807) is 0 Å². The van der Waals surface area contributed by atoms with E-state index >= 15 is 0 Å². The Labute approximate surface area is 160 Å². The maximum Gasteiger partial charge on any atom is 0.138 e. The lowest BCUT2D eigenvalue weighted by Gasteiger charge is -2.14. The zero-order valence-electron chi connectivity index (χ0n) is 16.2. The first-order valence-corrected chi connectivity index (χ1v) is 9.46. The highest BCUT2D eigenvalue weighted by Crippen LogP contribution is 2.28. The highest BCUT2D eigenvalue weighted by molar-refractivity contribution is 5.69. The normalized spacial score (nSPS) is 11.1. The summed E-state index contributed by atoms with van der Waals surface area (Å²) in [7, 11) is 0. The van der Waals surface area contributed by atoms with Gasteiger partial charge in [0.25, 0.3) is 0 Å². The third-order valence-corrected chi connectivity index (χ3v) is 5.06. The second-order valence-electron chi connectivity index (χ2n) is 7.22. The van der Waals surface area contributed by atoms with Crippen molar-refractivity contribution < 1.29 is 0 Å². The Hall–Kier alpha value is -3.07. The van der Waals surface area contributed by atoms with Gasteiger partial charge in [-0.05, 0) is 61.9 Å². The average molecular weight is 355 g/mol. The van der Waals surface area contributed by atoms with E-state index in [9.17, 15) is 0 Å². The van der Waals surface area contributed by atoms with Crippen LogP contribution >= 0.6 is 0 Å². The van der Waals surface area contributed by atoms with Crippen LogP contribution in [0, 0.1) is 20.8 Å². The van der Waals surface area contributed by atoms with E-state index in [0.717, 1.165) is 30.0 Å². The van der Waals surface area contributed by atoms with Crippen LogP contribution in [0.5, 0.6) is 0 Å². The van der Waals surface area contributed by atoms with E-state index in [-0.39, 0.29) is 0 Å². The van der Waals surface area contributed by atoms with Crippen LogP contribution in [0.4, 0.5) is 11.5 Å². The SMILES string of the molecule is Cc1ccc2nc(CCc3ccccc3)c(Nc3c(C)cccc3C)n2c1. The minimum atomic E-state index is 0.901. The summed E-state index contributed by atoms with van der Waals surface area (Å²) in [5.41, 5.74) is 8.30. The molecule has 3 nitrogen and oxygen atoms in total. The molecule has 0 saturated carbocycles. The van der Waals surface area contributed by atoms with Crippen LogP contribution in [0.15, 0.2) is 66.9 Å². The van der Waals surface area contributed by atoms with Crippen molar-refractivity contribution >= 4 is 17.2 Å². The molecule has 4 rings (SSSR count). The lowest BCUT2D eigenvalue weighted by atomic mass is 10.1. The third kappa shape index (κ3) is 3.59. The van der Waals surface area contributed by atoms with E-state index in [4.69, 9.17) is 4.98 Å². The fraction of sp³-hybridized carbons (Fsp3) is 0.208. The highest BCUT2D eigenvalue weighted by atomic mass is 15.1. The monoisotopic (exact) mass is 355 g/mol. The number of para-hydroxylation sites is 1. The number of anilines is 2. The molecule has 0 radical (unpaired) electrons. The molecule has 0 atom stereocenters. The molecule has 0 bridgehead atoms. The molecule has 0 aliphatic carbocycles. The maximum atomic E-state index is 4.92. The molecule has 27 heavy (non-hydrogen) atoms. The van der Waals surface area contributed by atoms with Gasteiger partial charge in [-0.15, -0.1) is 0 Å². The molecule has 0 aliphatic rings. The minimum Gasteiger partial charge on any atom is -0.339 e. The number of hydrogen-bond donors (Lipinski definition) is 1. The topological polar surface area (TPSA) is 29.3 Å². The van der Waals surface area contributed by atoms with Crippen molar-refractivity contribution in [1.29, 1.82) is 0 Å². The summed E-state index contributed by atoms with van der Waals surface area (Å²) in [4.78, 5) is 4.92. The van der Waals surface area contributed by atoms with Gasteiger partial charge in [0.15, 0.2) is 0 Å².